The molecule has 0 aliphatic carbocycles. The zero-order chi connectivity index (χ0) is 34.6. The fourth-order valence-corrected chi connectivity index (χ4v) is 5.28. The Labute approximate surface area is 276 Å². The molecule has 14 heteroatoms. The molecule has 1 atom stereocenters. The van der Waals surface area contributed by atoms with Gasteiger partial charge in [0.2, 0.25) is 5.95 Å². The van der Waals surface area contributed by atoms with Crippen LogP contribution in [0.5, 0.6) is 0 Å². The molecule has 1 fully saturated rings. The van der Waals surface area contributed by atoms with Crippen LogP contribution < -0.4 is 10.6 Å². The van der Waals surface area contributed by atoms with Crippen molar-refractivity contribution in [1.82, 2.24) is 29.7 Å². The van der Waals surface area contributed by atoms with Gasteiger partial charge in [0.25, 0.3) is 5.91 Å². The lowest BCUT2D eigenvalue weighted by Crippen LogP contribution is -2.42. The van der Waals surface area contributed by atoms with Crippen molar-refractivity contribution in [3.63, 3.8) is 0 Å². The number of likely N-dealkylation sites (tertiary alicyclic amines) is 1. The second kappa shape index (κ2) is 13.9. The lowest BCUT2D eigenvalue weighted by molar-refractivity contribution is -0.138. The zero-order valence-corrected chi connectivity index (χ0v) is 27.3. The smallest absolute Gasteiger partial charge is 0.416 e. The van der Waals surface area contributed by atoms with E-state index in [0.717, 1.165) is 11.6 Å². The molecule has 5 rings (SSSR count). The zero-order valence-electron chi connectivity index (χ0n) is 27.3. The van der Waals surface area contributed by atoms with E-state index < -0.39 is 29.3 Å². The van der Waals surface area contributed by atoms with Crippen molar-refractivity contribution >= 4 is 29.3 Å². The molecule has 0 spiro atoms. The monoisotopic (exact) mass is 662 g/mol. The van der Waals surface area contributed by atoms with Crippen LogP contribution in [0, 0.1) is 6.92 Å². The molecule has 252 valence electrons. The van der Waals surface area contributed by atoms with Crippen molar-refractivity contribution in [2.45, 2.75) is 58.5 Å². The maximum atomic E-state index is 14.3. The van der Waals surface area contributed by atoms with Crippen molar-refractivity contribution in [1.29, 1.82) is 0 Å². The summed E-state index contributed by atoms with van der Waals surface area (Å²) in [6.45, 7) is 8.11. The van der Waals surface area contributed by atoms with Crippen LogP contribution >= 0.6 is 0 Å². The summed E-state index contributed by atoms with van der Waals surface area (Å²) in [5.41, 5.74) is 1.49. The lowest BCUT2D eigenvalue weighted by atomic mass is 10.0. The largest absolute Gasteiger partial charge is 0.444 e. The predicted octanol–water partition coefficient (Wildman–Crippen LogP) is 6.70. The molecule has 2 N–H and O–H groups in total. The van der Waals surface area contributed by atoms with Crippen molar-refractivity contribution in [2.75, 3.05) is 30.8 Å². The molecule has 3 heterocycles. The quantitative estimate of drug-likeness (QED) is 0.212. The Bertz CT molecular complexity index is 1780. The second-order valence-corrected chi connectivity index (χ2v) is 12.6. The first-order chi connectivity index (χ1) is 22.7. The number of benzene rings is 2. The molecule has 0 saturated carbocycles. The normalized spacial score (nSPS) is 15.2. The topological polar surface area (TPSA) is 125 Å². The molecule has 1 aliphatic heterocycles. The number of alkyl halides is 3. The fraction of sp³-hybridized carbons (Fsp3) is 0.353. The standard InChI is InChI=1S/C34H37F3N8O3/c1-21-6-9-25(15-29(21)43-31-40-12-10-28(42-31)24-16-38-20-39-17-24)41-30(46)22-7-8-23(27(14-22)34(35,36)37)18-45-13-11-26(19-45)44(5)32(47)48-33(2,3)4/h6-10,12,14-17,20,26H,11,13,18-19H2,1-5H3,(H,41,46)(H,40,42,43)/t26-/m0/s1. The van der Waals surface area contributed by atoms with E-state index in [0.29, 0.717) is 48.1 Å². The minimum absolute atomic E-state index is 0.0168. The predicted molar refractivity (Wildman–Crippen MR) is 175 cm³/mol. The van der Waals surface area contributed by atoms with E-state index in [-0.39, 0.29) is 23.7 Å². The molecular formula is C34H37F3N8O3. The Hall–Kier alpha value is -5.11. The highest BCUT2D eigenvalue weighted by molar-refractivity contribution is 6.04. The molecule has 0 unspecified atom stereocenters. The third kappa shape index (κ3) is 8.62. The van der Waals surface area contributed by atoms with Crippen LogP contribution in [0.15, 0.2) is 67.4 Å². The van der Waals surface area contributed by atoms with Crippen molar-refractivity contribution in [3.05, 3.63) is 89.6 Å². The SMILES string of the molecule is Cc1ccc(NC(=O)c2ccc(CN3CC[C@H](N(C)C(=O)OC(C)(C)C)C3)c(C(F)(F)F)c2)cc1Nc1nccc(-c2cncnc2)n1. The number of anilines is 3. The molecule has 4 aromatic rings. The van der Waals surface area contributed by atoms with Gasteiger partial charge in [0.1, 0.15) is 11.9 Å². The van der Waals surface area contributed by atoms with Gasteiger partial charge in [0.15, 0.2) is 0 Å². The van der Waals surface area contributed by atoms with Gasteiger partial charge >= 0.3 is 12.3 Å². The summed E-state index contributed by atoms with van der Waals surface area (Å²) in [6, 6.07) is 10.2. The van der Waals surface area contributed by atoms with Crippen molar-refractivity contribution in [2.24, 2.45) is 0 Å². The van der Waals surface area contributed by atoms with Gasteiger partial charge in [-0.1, -0.05) is 12.1 Å². The molecular weight excluding hydrogens is 625 g/mol. The summed E-state index contributed by atoms with van der Waals surface area (Å²) < 4.78 is 48.2. The molecule has 2 aromatic heterocycles. The number of nitrogens with zero attached hydrogens (tertiary/aromatic N) is 6. The number of hydrogen-bond acceptors (Lipinski definition) is 9. The number of nitrogens with one attached hydrogen (secondary N) is 2. The highest BCUT2D eigenvalue weighted by Crippen LogP contribution is 2.34. The molecule has 2 amide bonds. The van der Waals surface area contributed by atoms with Crippen molar-refractivity contribution in [3.8, 4) is 11.3 Å². The Morgan fingerprint density at radius 1 is 1.06 bits per heavy atom. The number of halogens is 3. The highest BCUT2D eigenvalue weighted by atomic mass is 19.4. The molecule has 11 nitrogen and oxygen atoms in total. The first-order valence-electron chi connectivity index (χ1n) is 15.3. The molecule has 0 bridgehead atoms. The molecule has 1 saturated heterocycles. The van der Waals surface area contributed by atoms with Gasteiger partial charge in [0.05, 0.1) is 11.3 Å². The van der Waals surface area contributed by atoms with Crippen LogP contribution in [0.4, 0.5) is 35.3 Å². The first-order valence-corrected chi connectivity index (χ1v) is 15.3. The number of rotatable bonds is 8. The molecule has 48 heavy (non-hydrogen) atoms. The van der Waals surface area contributed by atoms with Crippen molar-refractivity contribution < 1.29 is 27.5 Å². The van der Waals surface area contributed by atoms with E-state index in [1.165, 1.54) is 23.4 Å². The Morgan fingerprint density at radius 2 is 1.81 bits per heavy atom. The van der Waals surface area contributed by atoms with Gasteiger partial charge in [-0.05, 0) is 75.6 Å². The van der Waals surface area contributed by atoms with Crippen LogP contribution in [-0.2, 0) is 17.5 Å². The fourth-order valence-electron chi connectivity index (χ4n) is 5.28. The summed E-state index contributed by atoms with van der Waals surface area (Å²) in [4.78, 5) is 45.8. The summed E-state index contributed by atoms with van der Waals surface area (Å²) in [7, 11) is 1.64. The number of carbonyl (C=O) groups is 2. The number of aryl methyl sites for hydroxylation is 1. The van der Waals surface area contributed by atoms with E-state index in [9.17, 15) is 22.8 Å². The average molecular weight is 663 g/mol. The third-order valence-corrected chi connectivity index (χ3v) is 7.80. The first kappa shape index (κ1) is 34.2. The summed E-state index contributed by atoms with van der Waals surface area (Å²) in [5.74, 6) is -0.390. The highest BCUT2D eigenvalue weighted by Gasteiger charge is 2.36. The maximum absolute atomic E-state index is 14.3. The van der Waals surface area contributed by atoms with Crippen LogP contribution in [-0.4, -0.2) is 73.5 Å². The molecule has 2 aromatic carbocycles. The number of amides is 2. The van der Waals surface area contributed by atoms with E-state index in [4.69, 9.17) is 4.74 Å². The molecule has 0 radical (unpaired) electrons. The van der Waals surface area contributed by atoms with Gasteiger partial charge in [-0.3, -0.25) is 9.69 Å². The summed E-state index contributed by atoms with van der Waals surface area (Å²) >= 11 is 0. The number of carbonyl (C=O) groups excluding carboxylic acids is 2. The second-order valence-electron chi connectivity index (χ2n) is 12.6. The van der Waals surface area contributed by atoms with E-state index in [1.54, 1.807) is 70.7 Å². The Morgan fingerprint density at radius 3 is 2.52 bits per heavy atom. The van der Waals surface area contributed by atoms with Gasteiger partial charge in [-0.15, -0.1) is 0 Å². The number of hydrogen-bond donors (Lipinski definition) is 2. The third-order valence-electron chi connectivity index (χ3n) is 7.80. The summed E-state index contributed by atoms with van der Waals surface area (Å²) in [5, 5.41) is 5.84. The van der Waals surface area contributed by atoms with Gasteiger partial charge < -0.3 is 20.3 Å². The van der Waals surface area contributed by atoms with E-state index >= 15 is 0 Å². The van der Waals surface area contributed by atoms with Gasteiger partial charge in [0, 0.05) is 73.8 Å². The minimum Gasteiger partial charge on any atom is -0.444 e. The lowest BCUT2D eigenvalue weighted by Gasteiger charge is -2.28. The Balaban J connectivity index is 1.27. The maximum Gasteiger partial charge on any atom is 0.416 e. The minimum atomic E-state index is -4.68. The number of likely N-dealkylation sites (N-methyl/N-ethyl adjacent to an activating group) is 1. The van der Waals surface area contributed by atoms with Crippen LogP contribution in [0.1, 0.15) is 54.2 Å². The average Bonchev–Trinajstić information content (AvgIpc) is 3.50. The van der Waals surface area contributed by atoms with Crippen LogP contribution in [0.2, 0.25) is 0 Å². The number of ether oxygens (including phenoxy) is 1. The van der Waals surface area contributed by atoms with Crippen LogP contribution in [0.25, 0.3) is 11.3 Å². The Kier molecular flexibility index (Phi) is 9.94. The molecule has 1 aliphatic rings. The van der Waals surface area contributed by atoms with Gasteiger partial charge in [-0.2, -0.15) is 13.2 Å². The van der Waals surface area contributed by atoms with E-state index in [1.807, 2.05) is 11.8 Å². The van der Waals surface area contributed by atoms with Gasteiger partial charge in [-0.25, -0.2) is 24.7 Å². The van der Waals surface area contributed by atoms with E-state index in [2.05, 4.69) is 30.6 Å². The number of aromatic nitrogens is 4. The van der Waals surface area contributed by atoms with Crippen LogP contribution in [0.3, 0.4) is 0 Å². The summed E-state index contributed by atoms with van der Waals surface area (Å²) in [6.07, 6.45) is 1.72.